The number of hydrogen-bond donors (Lipinski definition) is 0. The molecule has 1 unspecified atom stereocenters. The van der Waals surface area contributed by atoms with Crippen molar-refractivity contribution in [2.24, 2.45) is 0 Å². The van der Waals surface area contributed by atoms with Crippen LogP contribution in [0.4, 0.5) is 0 Å². The van der Waals surface area contributed by atoms with E-state index in [1.165, 1.54) is 24.0 Å². The van der Waals surface area contributed by atoms with E-state index in [4.69, 9.17) is 0 Å². The van der Waals surface area contributed by atoms with Gasteiger partial charge < -0.3 is 4.90 Å². The molecule has 0 aromatic heterocycles. The fourth-order valence-electron chi connectivity index (χ4n) is 4.03. The van der Waals surface area contributed by atoms with Gasteiger partial charge in [-0.3, -0.25) is 4.79 Å². The van der Waals surface area contributed by atoms with E-state index in [0.29, 0.717) is 19.4 Å². The largest absolute Gasteiger partial charge is 0.338 e. The fraction of sp³-hybridized carbons (Fsp3) is 0.650. The molecule has 1 amide bonds. The predicted octanol–water partition coefficient (Wildman–Crippen LogP) is 2.92. The molecule has 1 aromatic carbocycles. The Labute approximate surface area is 151 Å². The second kappa shape index (κ2) is 7.90. The van der Waals surface area contributed by atoms with Crippen molar-refractivity contribution in [2.45, 2.75) is 64.3 Å². The van der Waals surface area contributed by atoms with Crippen LogP contribution < -0.4 is 0 Å². The van der Waals surface area contributed by atoms with Gasteiger partial charge in [-0.1, -0.05) is 31.5 Å². The second-order valence-corrected chi connectivity index (χ2v) is 9.71. The maximum Gasteiger partial charge on any atom is 0.227 e. The molecule has 1 saturated heterocycles. The monoisotopic (exact) mass is 363 g/mol. The summed E-state index contributed by atoms with van der Waals surface area (Å²) in [4.78, 5) is 14.8. The molecule has 0 saturated carbocycles. The number of rotatable bonds is 6. The Hall–Kier alpha value is -1.36. The molecule has 4 nitrogen and oxygen atoms in total. The number of amides is 1. The van der Waals surface area contributed by atoms with Gasteiger partial charge in [0.15, 0.2) is 9.84 Å². The molecule has 0 radical (unpaired) electrons. The summed E-state index contributed by atoms with van der Waals surface area (Å²) in [6.07, 6.45) is 7.63. The summed E-state index contributed by atoms with van der Waals surface area (Å²) in [5.74, 6) is 0.422. The van der Waals surface area contributed by atoms with Crippen molar-refractivity contribution in [3.8, 4) is 0 Å². The van der Waals surface area contributed by atoms with Crippen LogP contribution in [0.5, 0.6) is 0 Å². The molecule has 3 rings (SSSR count). The van der Waals surface area contributed by atoms with Gasteiger partial charge in [0.05, 0.1) is 17.9 Å². The molecule has 1 atom stereocenters. The van der Waals surface area contributed by atoms with E-state index in [0.717, 1.165) is 31.2 Å². The van der Waals surface area contributed by atoms with Crippen LogP contribution in [0.1, 0.15) is 55.7 Å². The van der Waals surface area contributed by atoms with Gasteiger partial charge in [0.25, 0.3) is 0 Å². The number of sulfone groups is 1. The van der Waals surface area contributed by atoms with Gasteiger partial charge in [-0.2, -0.15) is 0 Å². The van der Waals surface area contributed by atoms with Gasteiger partial charge >= 0.3 is 0 Å². The van der Waals surface area contributed by atoms with Crippen molar-refractivity contribution in [3.05, 3.63) is 34.9 Å². The van der Waals surface area contributed by atoms with E-state index in [1.54, 1.807) is 0 Å². The molecule has 1 aliphatic carbocycles. The van der Waals surface area contributed by atoms with Crippen molar-refractivity contribution >= 4 is 15.7 Å². The quantitative estimate of drug-likeness (QED) is 0.781. The highest BCUT2D eigenvalue weighted by atomic mass is 32.2. The average molecular weight is 364 g/mol. The van der Waals surface area contributed by atoms with Gasteiger partial charge in [0.2, 0.25) is 5.91 Å². The number of carbonyl (C=O) groups is 1. The molecule has 0 bridgehead atoms. The summed E-state index contributed by atoms with van der Waals surface area (Å²) in [7, 11) is -2.98. The first-order valence-corrected chi connectivity index (χ1v) is 11.4. The minimum Gasteiger partial charge on any atom is -0.338 e. The third-order valence-electron chi connectivity index (χ3n) is 5.49. The summed E-state index contributed by atoms with van der Waals surface area (Å²) >= 11 is 0. The first kappa shape index (κ1) is 18.4. The van der Waals surface area contributed by atoms with Crippen LogP contribution >= 0.6 is 0 Å². The SMILES string of the molecule is CCCCN(C(=O)Cc1ccc2c(c1)CCCC2)C1CCS(=O)(=O)C1. The minimum atomic E-state index is -2.98. The number of benzene rings is 1. The number of fused-ring (bicyclic) bond motifs is 1. The minimum absolute atomic E-state index is 0.0753. The van der Waals surface area contributed by atoms with E-state index >= 15 is 0 Å². The summed E-state index contributed by atoms with van der Waals surface area (Å²) in [5, 5.41) is 0. The summed E-state index contributed by atoms with van der Waals surface area (Å²) in [5.41, 5.74) is 3.88. The Morgan fingerprint density at radius 2 is 1.96 bits per heavy atom. The number of hydrogen-bond acceptors (Lipinski definition) is 3. The molecular formula is C20H29NO3S. The third-order valence-corrected chi connectivity index (χ3v) is 7.24. The first-order valence-electron chi connectivity index (χ1n) is 9.59. The van der Waals surface area contributed by atoms with Crippen LogP contribution in [0, 0.1) is 0 Å². The maximum absolute atomic E-state index is 12.9. The van der Waals surface area contributed by atoms with Crippen molar-refractivity contribution in [1.29, 1.82) is 0 Å². The highest BCUT2D eigenvalue weighted by molar-refractivity contribution is 7.91. The molecule has 1 heterocycles. The van der Waals surface area contributed by atoms with Crippen molar-refractivity contribution in [1.82, 2.24) is 4.90 Å². The standard InChI is InChI=1S/C20H29NO3S/c1-2-3-11-21(19-10-12-25(23,24)15-19)20(22)14-16-8-9-17-6-4-5-7-18(17)13-16/h8-9,13,19H,2-7,10-12,14-15H2,1H3. The Balaban J connectivity index is 1.71. The molecule has 2 aliphatic rings. The predicted molar refractivity (Wildman–Crippen MR) is 100 cm³/mol. The molecule has 1 aliphatic heterocycles. The molecule has 0 spiro atoms. The van der Waals surface area contributed by atoms with Gasteiger partial charge in [-0.05, 0) is 55.2 Å². The first-order chi connectivity index (χ1) is 12.0. The van der Waals surface area contributed by atoms with Crippen LogP contribution in [0.2, 0.25) is 0 Å². The lowest BCUT2D eigenvalue weighted by molar-refractivity contribution is -0.132. The zero-order chi connectivity index (χ0) is 17.9. The lowest BCUT2D eigenvalue weighted by atomic mass is 9.90. The molecule has 25 heavy (non-hydrogen) atoms. The Kier molecular flexibility index (Phi) is 5.82. The topological polar surface area (TPSA) is 54.5 Å². The second-order valence-electron chi connectivity index (χ2n) is 7.48. The van der Waals surface area contributed by atoms with E-state index < -0.39 is 9.84 Å². The number of carbonyl (C=O) groups excluding carboxylic acids is 1. The smallest absolute Gasteiger partial charge is 0.227 e. The van der Waals surface area contributed by atoms with Crippen LogP contribution in [0.15, 0.2) is 18.2 Å². The fourth-order valence-corrected chi connectivity index (χ4v) is 5.76. The molecule has 1 aromatic rings. The van der Waals surface area contributed by atoms with Gasteiger partial charge in [0, 0.05) is 12.6 Å². The number of aryl methyl sites for hydroxylation is 2. The van der Waals surface area contributed by atoms with Crippen LogP contribution in [-0.4, -0.2) is 43.3 Å². The van der Waals surface area contributed by atoms with Crippen molar-refractivity contribution < 1.29 is 13.2 Å². The Morgan fingerprint density at radius 3 is 2.64 bits per heavy atom. The average Bonchev–Trinajstić information content (AvgIpc) is 2.95. The lowest BCUT2D eigenvalue weighted by Crippen LogP contribution is -2.42. The molecule has 138 valence electrons. The highest BCUT2D eigenvalue weighted by Crippen LogP contribution is 2.24. The van der Waals surface area contributed by atoms with Crippen molar-refractivity contribution in [3.63, 3.8) is 0 Å². The zero-order valence-corrected chi connectivity index (χ0v) is 16.0. The molecule has 0 N–H and O–H groups in total. The number of nitrogens with zero attached hydrogens (tertiary/aromatic N) is 1. The van der Waals surface area contributed by atoms with E-state index in [-0.39, 0.29) is 23.5 Å². The van der Waals surface area contributed by atoms with Gasteiger partial charge in [-0.25, -0.2) is 8.42 Å². The lowest BCUT2D eigenvalue weighted by Gasteiger charge is -2.28. The molecular weight excluding hydrogens is 334 g/mol. The Bertz CT molecular complexity index is 726. The van der Waals surface area contributed by atoms with Gasteiger partial charge in [0.1, 0.15) is 0 Å². The Morgan fingerprint density at radius 1 is 1.20 bits per heavy atom. The summed E-state index contributed by atoms with van der Waals surface area (Å²) in [6.45, 7) is 2.76. The van der Waals surface area contributed by atoms with E-state index in [1.807, 2.05) is 4.90 Å². The third kappa shape index (κ3) is 4.63. The van der Waals surface area contributed by atoms with Crippen LogP contribution in [0.3, 0.4) is 0 Å². The normalized spacial score (nSPS) is 21.7. The van der Waals surface area contributed by atoms with Gasteiger partial charge in [-0.15, -0.1) is 0 Å². The van der Waals surface area contributed by atoms with Crippen LogP contribution in [0.25, 0.3) is 0 Å². The summed E-state index contributed by atoms with van der Waals surface area (Å²) in [6, 6.07) is 6.30. The molecule has 1 fully saturated rings. The van der Waals surface area contributed by atoms with Crippen LogP contribution in [-0.2, 0) is 33.9 Å². The van der Waals surface area contributed by atoms with E-state index in [9.17, 15) is 13.2 Å². The number of unbranched alkanes of at least 4 members (excludes halogenated alkanes) is 1. The highest BCUT2D eigenvalue weighted by Gasteiger charge is 2.34. The van der Waals surface area contributed by atoms with Crippen molar-refractivity contribution in [2.75, 3.05) is 18.1 Å². The maximum atomic E-state index is 12.9. The zero-order valence-electron chi connectivity index (χ0n) is 15.2. The molecule has 5 heteroatoms. The summed E-state index contributed by atoms with van der Waals surface area (Å²) < 4.78 is 23.6. The van der Waals surface area contributed by atoms with E-state index in [2.05, 4.69) is 25.1 Å².